The summed E-state index contributed by atoms with van der Waals surface area (Å²) in [5.74, 6) is 0.0588. The molecule has 0 saturated carbocycles. The van der Waals surface area contributed by atoms with Gasteiger partial charge in [0.05, 0.1) is 11.3 Å². The summed E-state index contributed by atoms with van der Waals surface area (Å²) in [5.41, 5.74) is 7.00. The molecule has 5 rings (SSSR count). The minimum Gasteiger partial charge on any atom is -0.358 e. The van der Waals surface area contributed by atoms with Gasteiger partial charge >= 0.3 is 6.18 Å². The number of aromatic amines is 1. The van der Waals surface area contributed by atoms with Crippen molar-refractivity contribution >= 4 is 18.0 Å². The Kier molecular flexibility index (Phi) is 7.62. The first kappa shape index (κ1) is 25.6. The number of carbonyl (C=O) groups is 3. The number of hydrogen-bond donors (Lipinski definition) is 2. The van der Waals surface area contributed by atoms with Crippen molar-refractivity contribution in [3.05, 3.63) is 101 Å². The van der Waals surface area contributed by atoms with Crippen LogP contribution in [0.15, 0.2) is 79.0 Å². The van der Waals surface area contributed by atoms with Crippen LogP contribution >= 0.6 is 0 Å². The molecule has 1 aliphatic rings. The van der Waals surface area contributed by atoms with E-state index in [9.17, 15) is 22.8 Å². The van der Waals surface area contributed by atoms with E-state index in [1.807, 2.05) is 72.8 Å². The predicted octanol–water partition coefficient (Wildman–Crippen LogP) is 5.20. The van der Waals surface area contributed by atoms with Crippen LogP contribution in [0, 0.1) is 0 Å². The minimum atomic E-state index is -4.64. The molecule has 1 aliphatic heterocycles. The van der Waals surface area contributed by atoms with E-state index in [4.69, 9.17) is 4.79 Å². The molecule has 0 unspecified atom stereocenters. The number of amides is 1. The van der Waals surface area contributed by atoms with Crippen molar-refractivity contribution in [3.63, 3.8) is 0 Å². The Labute approximate surface area is 210 Å². The van der Waals surface area contributed by atoms with Crippen LogP contribution in [0.2, 0.25) is 0 Å². The second-order valence-corrected chi connectivity index (χ2v) is 8.33. The van der Waals surface area contributed by atoms with Crippen molar-refractivity contribution in [3.8, 4) is 22.5 Å². The number of Topliss-reactive ketones (excluding diaryl/α,β-unsaturated/α-hetero) is 1. The fraction of sp³-hybridized carbons (Fsp3) is 0.143. The third-order valence-electron chi connectivity index (χ3n) is 5.72. The number of alkyl halides is 3. The van der Waals surface area contributed by atoms with Gasteiger partial charge in [-0.3, -0.25) is 19.4 Å². The van der Waals surface area contributed by atoms with Crippen molar-refractivity contribution in [2.24, 2.45) is 0 Å². The molecule has 0 spiro atoms. The number of hydrogen-bond acceptors (Lipinski definition) is 4. The number of H-pyrrole nitrogens is 1. The summed E-state index contributed by atoms with van der Waals surface area (Å²) >= 11 is 0. The van der Waals surface area contributed by atoms with E-state index in [0.29, 0.717) is 24.1 Å². The van der Waals surface area contributed by atoms with Crippen molar-refractivity contribution in [2.75, 3.05) is 6.54 Å². The minimum absolute atomic E-state index is 0.0335. The van der Waals surface area contributed by atoms with Crippen molar-refractivity contribution in [2.45, 2.75) is 19.0 Å². The van der Waals surface area contributed by atoms with Gasteiger partial charge in [-0.05, 0) is 23.8 Å². The van der Waals surface area contributed by atoms with Crippen molar-refractivity contribution in [1.82, 2.24) is 15.3 Å². The lowest BCUT2D eigenvalue weighted by atomic mass is 10.0. The smallest absolute Gasteiger partial charge is 0.358 e. The number of carbonyl (C=O) groups excluding carboxylic acids is 3. The van der Waals surface area contributed by atoms with Crippen molar-refractivity contribution in [1.29, 1.82) is 0 Å². The summed E-state index contributed by atoms with van der Waals surface area (Å²) in [4.78, 5) is 41.2. The average Bonchev–Trinajstić information content (AvgIpc) is 3.35. The first-order chi connectivity index (χ1) is 17.7. The van der Waals surface area contributed by atoms with E-state index < -0.39 is 12.5 Å². The molecular formula is C28H22F3N3O3. The summed E-state index contributed by atoms with van der Waals surface area (Å²) in [6.07, 6.45) is -2.75. The number of fused-ring (bicyclic) bond motifs is 1. The molecule has 0 aliphatic carbocycles. The number of aromatic nitrogens is 2. The predicted molar refractivity (Wildman–Crippen MR) is 132 cm³/mol. The number of ketones is 1. The third kappa shape index (κ3) is 6.58. The van der Waals surface area contributed by atoms with Gasteiger partial charge < -0.3 is 10.3 Å². The average molecular weight is 505 g/mol. The molecular weight excluding hydrogens is 483 g/mol. The maximum Gasteiger partial charge on any atom is 0.446 e. The highest BCUT2D eigenvalue weighted by Gasteiger charge is 2.25. The summed E-state index contributed by atoms with van der Waals surface area (Å²) in [6, 6.07) is 23.1. The van der Waals surface area contributed by atoms with E-state index in [0.717, 1.165) is 40.2 Å². The number of nitrogens with zero attached hydrogens (tertiary/aromatic N) is 1. The normalized spacial score (nSPS) is 12.6. The standard InChI is InChI=1S/C26H21N3O2.C2HF3O/c30-25(14-17-4-2-1-3-5-17)19-8-6-18(7-9-19)23-15-20(10-12-27-23)24-16-21-22(29-24)11-13-28-26(21)31;3-2(4,5)1-6/h1-10,12,15-16,29H,11,13-14H2,(H,28,31);1H. The highest BCUT2D eigenvalue weighted by Crippen LogP contribution is 2.27. The van der Waals surface area contributed by atoms with Gasteiger partial charge in [0.2, 0.25) is 6.29 Å². The Balaban J connectivity index is 0.000000480. The van der Waals surface area contributed by atoms with E-state index in [1.54, 1.807) is 6.20 Å². The van der Waals surface area contributed by atoms with Crippen molar-refractivity contribution < 1.29 is 27.6 Å². The van der Waals surface area contributed by atoms with Gasteiger partial charge in [-0.15, -0.1) is 0 Å². The van der Waals surface area contributed by atoms with Crippen LogP contribution in [-0.4, -0.2) is 40.7 Å². The first-order valence-corrected chi connectivity index (χ1v) is 11.4. The molecule has 37 heavy (non-hydrogen) atoms. The van der Waals surface area contributed by atoms with Gasteiger partial charge in [-0.2, -0.15) is 13.2 Å². The topological polar surface area (TPSA) is 91.9 Å². The van der Waals surface area contributed by atoms with Gasteiger partial charge in [0.25, 0.3) is 5.91 Å². The summed E-state index contributed by atoms with van der Waals surface area (Å²) < 4.78 is 31.2. The molecule has 4 aromatic rings. The molecule has 1 amide bonds. The lowest BCUT2D eigenvalue weighted by Gasteiger charge is -2.11. The summed E-state index contributed by atoms with van der Waals surface area (Å²) in [5, 5.41) is 2.87. The quantitative estimate of drug-likeness (QED) is 0.288. The van der Waals surface area contributed by atoms with Crippen LogP contribution in [0.1, 0.15) is 32.0 Å². The zero-order valence-electron chi connectivity index (χ0n) is 19.5. The molecule has 0 saturated heterocycles. The summed E-state index contributed by atoms with van der Waals surface area (Å²) in [7, 11) is 0. The summed E-state index contributed by atoms with van der Waals surface area (Å²) in [6.45, 7) is 0.655. The number of aldehydes is 1. The Morgan fingerprint density at radius 3 is 2.32 bits per heavy atom. The third-order valence-corrected chi connectivity index (χ3v) is 5.72. The number of halogens is 3. The zero-order chi connectivity index (χ0) is 26.4. The van der Waals surface area contributed by atoms with Crippen LogP contribution in [0.25, 0.3) is 22.5 Å². The fourth-order valence-corrected chi connectivity index (χ4v) is 3.92. The maximum atomic E-state index is 12.6. The van der Waals surface area contributed by atoms with Gasteiger partial charge in [0.15, 0.2) is 5.78 Å². The van der Waals surface area contributed by atoms with Crippen LogP contribution in [0.3, 0.4) is 0 Å². The molecule has 9 heteroatoms. The van der Waals surface area contributed by atoms with E-state index in [1.165, 1.54) is 0 Å². The lowest BCUT2D eigenvalue weighted by Crippen LogP contribution is -2.31. The maximum absolute atomic E-state index is 12.6. The SMILES string of the molecule is O=C(Cc1ccccc1)c1ccc(-c2cc(-c3cc4c([nH]3)CCNC4=O)ccn2)cc1.O=CC(F)(F)F. The highest BCUT2D eigenvalue weighted by molar-refractivity contribution is 5.98. The zero-order valence-corrected chi connectivity index (χ0v) is 19.5. The Hall–Kier alpha value is -4.53. The Morgan fingerprint density at radius 2 is 1.68 bits per heavy atom. The molecule has 0 fully saturated rings. The van der Waals surface area contributed by atoms with Crippen LogP contribution in [0.5, 0.6) is 0 Å². The van der Waals surface area contributed by atoms with E-state index >= 15 is 0 Å². The number of nitrogens with one attached hydrogen (secondary N) is 2. The Morgan fingerprint density at radius 1 is 0.973 bits per heavy atom. The number of benzene rings is 2. The largest absolute Gasteiger partial charge is 0.446 e. The molecule has 2 aromatic heterocycles. The fourth-order valence-electron chi connectivity index (χ4n) is 3.92. The second kappa shape index (κ2) is 11.0. The van der Waals surface area contributed by atoms with Crippen LogP contribution in [-0.2, 0) is 17.6 Å². The van der Waals surface area contributed by atoms with Gasteiger partial charge in [0.1, 0.15) is 0 Å². The van der Waals surface area contributed by atoms with Gasteiger partial charge in [0, 0.05) is 53.7 Å². The lowest BCUT2D eigenvalue weighted by molar-refractivity contribution is -0.156. The number of pyridine rings is 1. The van der Waals surface area contributed by atoms with E-state index in [-0.39, 0.29) is 11.7 Å². The van der Waals surface area contributed by atoms with Gasteiger partial charge in [-0.1, -0.05) is 54.6 Å². The molecule has 2 N–H and O–H groups in total. The van der Waals surface area contributed by atoms with E-state index in [2.05, 4.69) is 15.3 Å². The Bertz CT molecular complexity index is 1410. The molecule has 2 aromatic carbocycles. The molecule has 6 nitrogen and oxygen atoms in total. The first-order valence-electron chi connectivity index (χ1n) is 11.4. The highest BCUT2D eigenvalue weighted by atomic mass is 19.4. The monoisotopic (exact) mass is 505 g/mol. The molecule has 188 valence electrons. The molecule has 0 radical (unpaired) electrons. The van der Waals surface area contributed by atoms with Gasteiger partial charge in [-0.25, -0.2) is 0 Å². The van der Waals surface area contributed by atoms with Crippen LogP contribution in [0.4, 0.5) is 13.2 Å². The second-order valence-electron chi connectivity index (χ2n) is 8.33. The molecule has 3 heterocycles. The molecule has 0 bridgehead atoms. The van der Waals surface area contributed by atoms with Crippen LogP contribution < -0.4 is 5.32 Å². The number of rotatable bonds is 5. The molecule has 0 atom stereocenters.